The number of hydrogen-bond donors (Lipinski definition) is 0. The molecule has 0 unspecified atom stereocenters. The number of anilines is 1. The van der Waals surface area contributed by atoms with Crippen LogP contribution in [0.4, 0.5) is 5.69 Å². The van der Waals surface area contributed by atoms with Crippen molar-refractivity contribution in [1.82, 2.24) is 10.1 Å². The first kappa shape index (κ1) is 36.6. The van der Waals surface area contributed by atoms with E-state index in [0.717, 1.165) is 22.3 Å². The molecule has 0 N–H and O–H groups in total. The van der Waals surface area contributed by atoms with Gasteiger partial charge in [0.15, 0.2) is 12.3 Å². The number of amides is 4. The molecule has 0 aliphatic carbocycles. The number of hydroxylamine groups is 4. The van der Waals surface area contributed by atoms with E-state index < -0.39 is 35.6 Å². The van der Waals surface area contributed by atoms with E-state index in [-0.39, 0.29) is 38.5 Å². The van der Waals surface area contributed by atoms with Crippen LogP contribution in [0.3, 0.4) is 0 Å². The number of benzene rings is 4. The molecular formula is C43H35N4O10+. The van der Waals surface area contributed by atoms with Gasteiger partial charge >= 0.3 is 17.8 Å². The number of allylic oxidation sites excluding steroid dienone is 2. The Morgan fingerprint density at radius 2 is 1.18 bits per heavy atom. The van der Waals surface area contributed by atoms with Crippen LogP contribution in [0.25, 0.3) is 17.2 Å². The van der Waals surface area contributed by atoms with E-state index in [2.05, 4.69) is 0 Å². The minimum Gasteiger partial charge on any atom is -0.439 e. The smallest absolute Gasteiger partial charge is 0.374 e. The van der Waals surface area contributed by atoms with E-state index in [0.29, 0.717) is 57.4 Å². The molecule has 0 spiro atoms. The Morgan fingerprint density at radius 3 is 1.79 bits per heavy atom. The second-order valence-corrected chi connectivity index (χ2v) is 13.6. The van der Waals surface area contributed by atoms with Crippen molar-refractivity contribution in [3.63, 3.8) is 0 Å². The predicted molar refractivity (Wildman–Crippen MR) is 201 cm³/mol. The Bertz CT molecular complexity index is 2450. The highest BCUT2D eigenvalue weighted by Crippen LogP contribution is 2.39. The van der Waals surface area contributed by atoms with Gasteiger partial charge in [-0.15, -0.1) is 10.1 Å². The van der Waals surface area contributed by atoms with Crippen LogP contribution in [0.2, 0.25) is 0 Å². The number of carbonyl (C=O) groups excluding carboxylic acids is 6. The Balaban J connectivity index is 0.956. The maximum Gasteiger partial charge on any atom is 0.374 e. The van der Waals surface area contributed by atoms with Crippen molar-refractivity contribution in [3.05, 3.63) is 143 Å². The Kier molecular flexibility index (Phi) is 10.1. The molecule has 57 heavy (non-hydrogen) atoms. The van der Waals surface area contributed by atoms with Gasteiger partial charge in [-0.2, -0.15) is 4.57 Å². The van der Waals surface area contributed by atoms with Gasteiger partial charge in [0.25, 0.3) is 29.1 Å². The molecule has 286 valence electrons. The zero-order valence-electron chi connectivity index (χ0n) is 30.5. The maximum atomic E-state index is 12.4. The van der Waals surface area contributed by atoms with Crippen LogP contribution in [0.1, 0.15) is 53.8 Å². The lowest BCUT2D eigenvalue weighted by atomic mass is 10.1. The van der Waals surface area contributed by atoms with E-state index >= 15 is 0 Å². The fraction of sp³-hybridized carbons (Fsp3) is 0.186. The van der Waals surface area contributed by atoms with Gasteiger partial charge in [-0.25, -0.2) is 9.59 Å². The number of oxazole rings is 1. The zero-order chi connectivity index (χ0) is 39.5. The molecule has 5 aromatic rings. The van der Waals surface area contributed by atoms with Gasteiger partial charge in [0.1, 0.15) is 0 Å². The molecule has 3 aliphatic heterocycles. The molecule has 2 fully saturated rings. The summed E-state index contributed by atoms with van der Waals surface area (Å²) in [5.41, 5.74) is 5.71. The third kappa shape index (κ3) is 8.05. The second-order valence-electron chi connectivity index (χ2n) is 13.6. The molecule has 14 heteroatoms. The number of ether oxygens (including phenoxy) is 1. The van der Waals surface area contributed by atoms with Crippen LogP contribution >= 0.6 is 0 Å². The quantitative estimate of drug-likeness (QED) is 0.124. The highest BCUT2D eigenvalue weighted by molar-refractivity contribution is 6.02. The van der Waals surface area contributed by atoms with E-state index in [1.165, 1.54) is 0 Å². The number of para-hydroxylation sites is 4. The summed E-state index contributed by atoms with van der Waals surface area (Å²) < 4.78 is 14.6. The van der Waals surface area contributed by atoms with Gasteiger partial charge in [0, 0.05) is 37.3 Å². The Hall–Kier alpha value is -7.35. The standard InChI is InChI=1S/C43H35N4O10/c48-36-20-21-37(49)46(36)56-42(52)24-28-12-16-30(17-13-28)26-44-32-6-1-3-8-34(32)54-40(44)10-5-11-41-45(33-7-2-4-9-35(33)55-41)27-31-18-14-29(15-19-31)25-43(53)57-47-38(50)22-23-39(47)51/h1-19H,20-27H2/q+1. The van der Waals surface area contributed by atoms with Crippen molar-refractivity contribution >= 4 is 58.4 Å². The van der Waals surface area contributed by atoms with Crippen molar-refractivity contribution in [1.29, 1.82) is 0 Å². The lowest BCUT2D eigenvalue weighted by Crippen LogP contribution is -2.35. The van der Waals surface area contributed by atoms with Gasteiger partial charge in [0.05, 0.1) is 31.1 Å². The van der Waals surface area contributed by atoms with Crippen LogP contribution in [0.5, 0.6) is 5.75 Å². The van der Waals surface area contributed by atoms with Gasteiger partial charge in [0.2, 0.25) is 11.5 Å². The fourth-order valence-corrected chi connectivity index (χ4v) is 6.70. The molecule has 8 rings (SSSR count). The number of aromatic nitrogens is 1. The monoisotopic (exact) mass is 767 g/mol. The number of hydrogen-bond acceptors (Lipinski definition) is 11. The van der Waals surface area contributed by atoms with Gasteiger partial charge in [-0.3, -0.25) is 19.2 Å². The number of fused-ring (bicyclic) bond motifs is 2. The summed E-state index contributed by atoms with van der Waals surface area (Å²) in [5, 5.41) is 1.10. The largest absolute Gasteiger partial charge is 0.439 e. The summed E-state index contributed by atoms with van der Waals surface area (Å²) >= 11 is 0. The number of rotatable bonds is 12. The first-order chi connectivity index (χ1) is 27.7. The summed E-state index contributed by atoms with van der Waals surface area (Å²) in [7, 11) is 0. The van der Waals surface area contributed by atoms with Gasteiger partial charge in [-0.1, -0.05) is 72.8 Å². The summed E-state index contributed by atoms with van der Waals surface area (Å²) in [5.74, 6) is -1.58. The molecule has 4 heterocycles. The number of imide groups is 2. The fourth-order valence-electron chi connectivity index (χ4n) is 6.70. The summed E-state index contributed by atoms with van der Waals surface area (Å²) in [6.45, 7) is 0.927. The first-order valence-electron chi connectivity index (χ1n) is 18.3. The van der Waals surface area contributed by atoms with Crippen molar-refractivity contribution in [2.45, 2.75) is 51.6 Å². The average Bonchev–Trinajstić information content (AvgIpc) is 3.93. The van der Waals surface area contributed by atoms with E-state index in [4.69, 9.17) is 18.8 Å². The Morgan fingerprint density at radius 1 is 0.649 bits per heavy atom. The van der Waals surface area contributed by atoms with Gasteiger partial charge in [-0.05, 0) is 47.0 Å². The van der Waals surface area contributed by atoms with E-state index in [1.54, 1.807) is 24.3 Å². The lowest BCUT2D eigenvalue weighted by Gasteiger charge is -2.18. The van der Waals surface area contributed by atoms with E-state index in [9.17, 15) is 28.8 Å². The van der Waals surface area contributed by atoms with Crippen molar-refractivity contribution in [2.24, 2.45) is 0 Å². The first-order valence-corrected chi connectivity index (χ1v) is 18.3. The molecule has 14 nitrogen and oxygen atoms in total. The number of nitrogens with zero attached hydrogens (tertiary/aromatic N) is 4. The van der Waals surface area contributed by atoms with Crippen LogP contribution in [-0.4, -0.2) is 45.7 Å². The molecule has 4 amide bonds. The highest BCUT2D eigenvalue weighted by Gasteiger charge is 2.34. The third-order valence-electron chi connectivity index (χ3n) is 9.57. The average molecular weight is 768 g/mol. The van der Waals surface area contributed by atoms with Crippen LogP contribution in [0.15, 0.2) is 120 Å². The molecule has 0 atom stereocenters. The molecular weight excluding hydrogens is 732 g/mol. The third-order valence-corrected chi connectivity index (χ3v) is 9.57. The molecule has 0 radical (unpaired) electrons. The van der Waals surface area contributed by atoms with Crippen molar-refractivity contribution in [3.8, 4) is 5.75 Å². The van der Waals surface area contributed by atoms with Crippen LogP contribution in [0, 0.1) is 0 Å². The molecule has 4 aromatic carbocycles. The van der Waals surface area contributed by atoms with Gasteiger partial charge < -0.3 is 23.7 Å². The molecule has 2 saturated heterocycles. The second kappa shape index (κ2) is 15.8. The lowest BCUT2D eigenvalue weighted by molar-refractivity contribution is -0.669. The molecule has 0 bridgehead atoms. The summed E-state index contributed by atoms with van der Waals surface area (Å²) in [6, 6.07) is 30.3. The topological polar surface area (TPSA) is 157 Å². The van der Waals surface area contributed by atoms with Crippen molar-refractivity contribution < 1.29 is 52.2 Å². The zero-order valence-corrected chi connectivity index (χ0v) is 30.5. The highest BCUT2D eigenvalue weighted by atomic mass is 16.7. The summed E-state index contributed by atoms with van der Waals surface area (Å²) in [6.07, 6.45) is 5.53. The number of carbonyl (C=O) groups is 6. The minimum absolute atomic E-state index is 0.0351. The molecule has 1 aromatic heterocycles. The van der Waals surface area contributed by atoms with Crippen LogP contribution in [-0.2, 0) is 64.4 Å². The Labute approximate surface area is 325 Å². The molecule has 0 saturated carbocycles. The minimum atomic E-state index is -0.693. The summed E-state index contributed by atoms with van der Waals surface area (Å²) in [4.78, 5) is 84.2. The normalized spacial score (nSPS) is 16.0. The van der Waals surface area contributed by atoms with Crippen molar-refractivity contribution in [2.75, 3.05) is 4.90 Å². The predicted octanol–water partition coefficient (Wildman–Crippen LogP) is 5.02. The molecule has 3 aliphatic rings. The SMILES string of the molecule is O=C(Cc1ccc(CN2/C(=C/C=C/c3oc4ccccc4[n+]3Cc3ccc(CC(=O)ON4C(=O)CCC4=O)cc3)Oc3ccccc32)cc1)ON1C(=O)CCC1=O. The maximum absolute atomic E-state index is 12.4. The van der Waals surface area contributed by atoms with E-state index in [1.807, 2.05) is 100 Å². The van der Waals surface area contributed by atoms with Crippen LogP contribution < -0.4 is 14.2 Å².